The summed E-state index contributed by atoms with van der Waals surface area (Å²) in [5.74, 6) is 0. The van der Waals surface area contributed by atoms with E-state index in [1.807, 2.05) is 6.92 Å². The lowest BCUT2D eigenvalue weighted by molar-refractivity contribution is 0.143. The average molecular weight is 173 g/mol. The average Bonchev–Trinajstić information content (AvgIpc) is 2.57. The first-order chi connectivity index (χ1) is 5.93. The molecule has 72 valence electrons. The van der Waals surface area contributed by atoms with Crippen molar-refractivity contribution < 1.29 is 9.47 Å². The zero-order valence-corrected chi connectivity index (χ0v) is 7.84. The van der Waals surface area contributed by atoms with Crippen LogP contribution in [0.25, 0.3) is 0 Å². The lowest BCUT2D eigenvalue weighted by Gasteiger charge is -2.09. The van der Waals surface area contributed by atoms with E-state index in [1.54, 1.807) is 0 Å². The van der Waals surface area contributed by atoms with Gasteiger partial charge in [0, 0.05) is 25.9 Å². The second-order valence-corrected chi connectivity index (χ2v) is 3.07. The highest BCUT2D eigenvalue weighted by Crippen LogP contribution is 2.02. The van der Waals surface area contributed by atoms with Gasteiger partial charge in [0.15, 0.2) is 0 Å². The molecule has 0 amide bonds. The Morgan fingerprint density at radius 2 is 2.50 bits per heavy atom. The van der Waals surface area contributed by atoms with Crippen molar-refractivity contribution >= 4 is 0 Å². The van der Waals surface area contributed by atoms with Gasteiger partial charge in [-0.2, -0.15) is 0 Å². The molecular formula is C9H19NO2. The molecule has 1 fully saturated rings. The minimum Gasteiger partial charge on any atom is -0.382 e. The number of hydrogen-bond donors (Lipinski definition) is 1. The van der Waals surface area contributed by atoms with Gasteiger partial charge in [0.2, 0.25) is 0 Å². The van der Waals surface area contributed by atoms with Crippen LogP contribution in [-0.2, 0) is 9.47 Å². The Kier molecular flexibility index (Phi) is 5.32. The van der Waals surface area contributed by atoms with Crippen LogP contribution in [0.1, 0.15) is 19.8 Å². The fourth-order valence-electron chi connectivity index (χ4n) is 1.32. The van der Waals surface area contributed by atoms with Crippen LogP contribution in [-0.4, -0.2) is 39.0 Å². The molecule has 3 nitrogen and oxygen atoms in total. The highest BCUT2D eigenvalue weighted by atomic mass is 16.5. The fourth-order valence-corrected chi connectivity index (χ4v) is 1.32. The second-order valence-electron chi connectivity index (χ2n) is 3.07. The molecule has 0 aromatic carbocycles. The summed E-state index contributed by atoms with van der Waals surface area (Å²) in [6.45, 7) is 6.58. The van der Waals surface area contributed by atoms with E-state index in [0.717, 1.165) is 45.8 Å². The quantitative estimate of drug-likeness (QED) is 0.602. The van der Waals surface area contributed by atoms with Crippen LogP contribution in [0, 0.1) is 0 Å². The van der Waals surface area contributed by atoms with E-state index in [1.165, 1.54) is 0 Å². The third-order valence-electron chi connectivity index (χ3n) is 2.03. The van der Waals surface area contributed by atoms with Crippen molar-refractivity contribution in [3.05, 3.63) is 0 Å². The summed E-state index contributed by atoms with van der Waals surface area (Å²) in [6.07, 6.45) is 2.26. The predicted molar refractivity (Wildman–Crippen MR) is 48.3 cm³/mol. The van der Waals surface area contributed by atoms with Gasteiger partial charge in [-0.15, -0.1) is 0 Å². The Morgan fingerprint density at radius 1 is 1.58 bits per heavy atom. The van der Waals surface area contributed by atoms with E-state index in [4.69, 9.17) is 9.47 Å². The summed E-state index contributed by atoms with van der Waals surface area (Å²) < 4.78 is 10.5. The molecule has 0 aromatic rings. The molecule has 1 atom stereocenters. The SMILES string of the molecule is CCOCCCNC1CCOC1. The Morgan fingerprint density at radius 3 is 3.17 bits per heavy atom. The molecule has 0 spiro atoms. The Hall–Kier alpha value is -0.120. The third kappa shape index (κ3) is 4.04. The van der Waals surface area contributed by atoms with Crippen LogP contribution in [0.2, 0.25) is 0 Å². The van der Waals surface area contributed by atoms with E-state index in [-0.39, 0.29) is 0 Å². The topological polar surface area (TPSA) is 30.5 Å². The summed E-state index contributed by atoms with van der Waals surface area (Å²) in [4.78, 5) is 0. The van der Waals surface area contributed by atoms with Crippen molar-refractivity contribution in [2.75, 3.05) is 33.0 Å². The van der Waals surface area contributed by atoms with Crippen molar-refractivity contribution in [1.29, 1.82) is 0 Å². The molecule has 3 heteroatoms. The lowest BCUT2D eigenvalue weighted by Crippen LogP contribution is -2.30. The van der Waals surface area contributed by atoms with Gasteiger partial charge in [-0.1, -0.05) is 0 Å². The van der Waals surface area contributed by atoms with Gasteiger partial charge in [-0.05, 0) is 26.3 Å². The molecule has 1 saturated heterocycles. The predicted octanol–water partition coefficient (Wildman–Crippen LogP) is 0.792. The highest BCUT2D eigenvalue weighted by molar-refractivity contribution is 4.70. The van der Waals surface area contributed by atoms with Crippen LogP contribution >= 0.6 is 0 Å². The number of hydrogen-bond acceptors (Lipinski definition) is 3. The minimum absolute atomic E-state index is 0.589. The van der Waals surface area contributed by atoms with Crippen molar-refractivity contribution in [3.8, 4) is 0 Å². The zero-order chi connectivity index (χ0) is 8.65. The van der Waals surface area contributed by atoms with Crippen LogP contribution in [0.5, 0.6) is 0 Å². The van der Waals surface area contributed by atoms with Gasteiger partial charge >= 0.3 is 0 Å². The monoisotopic (exact) mass is 173 g/mol. The molecule has 1 unspecified atom stereocenters. The Balaban J connectivity index is 1.81. The van der Waals surface area contributed by atoms with Crippen molar-refractivity contribution in [2.45, 2.75) is 25.8 Å². The summed E-state index contributed by atoms with van der Waals surface area (Å²) in [7, 11) is 0. The summed E-state index contributed by atoms with van der Waals surface area (Å²) in [5.41, 5.74) is 0. The molecule has 0 saturated carbocycles. The zero-order valence-electron chi connectivity index (χ0n) is 7.84. The molecule has 1 N–H and O–H groups in total. The smallest absolute Gasteiger partial charge is 0.0620 e. The van der Waals surface area contributed by atoms with Gasteiger partial charge in [0.25, 0.3) is 0 Å². The van der Waals surface area contributed by atoms with Crippen molar-refractivity contribution in [2.24, 2.45) is 0 Å². The number of rotatable bonds is 6. The first-order valence-electron chi connectivity index (χ1n) is 4.82. The van der Waals surface area contributed by atoms with E-state index in [2.05, 4.69) is 5.32 Å². The van der Waals surface area contributed by atoms with Gasteiger partial charge < -0.3 is 14.8 Å². The summed E-state index contributed by atoms with van der Waals surface area (Å²) in [6, 6.07) is 0.589. The van der Waals surface area contributed by atoms with Gasteiger partial charge in [0.1, 0.15) is 0 Å². The number of ether oxygens (including phenoxy) is 2. The molecule has 0 bridgehead atoms. The molecule has 0 aromatic heterocycles. The van der Waals surface area contributed by atoms with Crippen molar-refractivity contribution in [3.63, 3.8) is 0 Å². The molecule has 0 radical (unpaired) electrons. The lowest BCUT2D eigenvalue weighted by atomic mass is 10.2. The molecule has 1 heterocycles. The first-order valence-corrected chi connectivity index (χ1v) is 4.82. The molecule has 1 aliphatic heterocycles. The number of nitrogens with one attached hydrogen (secondary N) is 1. The molecule has 12 heavy (non-hydrogen) atoms. The Bertz CT molecular complexity index is 103. The maximum absolute atomic E-state index is 5.24. The van der Waals surface area contributed by atoms with Gasteiger partial charge in [0.05, 0.1) is 6.61 Å². The maximum atomic E-state index is 5.24. The van der Waals surface area contributed by atoms with Gasteiger partial charge in [-0.3, -0.25) is 0 Å². The standard InChI is InChI=1S/C9H19NO2/c1-2-11-6-3-5-10-9-4-7-12-8-9/h9-10H,2-8H2,1H3. The molecular weight excluding hydrogens is 154 g/mol. The van der Waals surface area contributed by atoms with E-state index >= 15 is 0 Å². The van der Waals surface area contributed by atoms with E-state index < -0.39 is 0 Å². The first kappa shape index (κ1) is 9.96. The second kappa shape index (κ2) is 6.40. The largest absolute Gasteiger partial charge is 0.382 e. The van der Waals surface area contributed by atoms with E-state index in [9.17, 15) is 0 Å². The molecule has 1 rings (SSSR count). The summed E-state index contributed by atoms with van der Waals surface area (Å²) >= 11 is 0. The van der Waals surface area contributed by atoms with Crippen LogP contribution in [0.3, 0.4) is 0 Å². The normalized spacial score (nSPS) is 23.2. The molecule has 0 aliphatic carbocycles. The van der Waals surface area contributed by atoms with E-state index in [0.29, 0.717) is 6.04 Å². The minimum atomic E-state index is 0.589. The third-order valence-corrected chi connectivity index (χ3v) is 2.03. The maximum Gasteiger partial charge on any atom is 0.0620 e. The Labute approximate surface area is 74.4 Å². The van der Waals surface area contributed by atoms with Gasteiger partial charge in [-0.25, -0.2) is 0 Å². The van der Waals surface area contributed by atoms with Crippen LogP contribution in [0.4, 0.5) is 0 Å². The van der Waals surface area contributed by atoms with Crippen LogP contribution < -0.4 is 5.32 Å². The molecule has 1 aliphatic rings. The van der Waals surface area contributed by atoms with Crippen LogP contribution in [0.15, 0.2) is 0 Å². The fraction of sp³-hybridized carbons (Fsp3) is 1.00. The highest BCUT2D eigenvalue weighted by Gasteiger charge is 2.13. The van der Waals surface area contributed by atoms with Crippen molar-refractivity contribution in [1.82, 2.24) is 5.32 Å². The summed E-state index contributed by atoms with van der Waals surface area (Å²) in [5, 5.41) is 3.44.